The summed E-state index contributed by atoms with van der Waals surface area (Å²) in [7, 11) is -9.96. The molecule has 0 spiro atoms. The highest BCUT2D eigenvalue weighted by Crippen LogP contribution is 2.45. The Hall–Kier alpha value is -3.76. The van der Waals surface area contributed by atoms with Gasteiger partial charge < -0.3 is 33.8 Å². The van der Waals surface area contributed by atoms with Crippen molar-refractivity contribution in [1.82, 2.24) is 0 Å². The molecule has 0 radical (unpaired) electrons. The van der Waals surface area contributed by atoms with Crippen molar-refractivity contribution in [3.8, 4) is 0 Å². The molecule has 17 nitrogen and oxygen atoms in total. The first-order chi connectivity index (χ1) is 48.7. The minimum absolute atomic E-state index is 0.0767. The van der Waals surface area contributed by atoms with E-state index in [1.54, 1.807) is 0 Å². The maximum atomic E-state index is 13.1. The first-order valence-electron chi connectivity index (χ1n) is 39.8. The van der Waals surface area contributed by atoms with Gasteiger partial charge in [-0.2, -0.15) is 0 Å². The Kier molecular flexibility index (Phi) is 70.8. The summed E-state index contributed by atoms with van der Waals surface area (Å²) in [5.74, 6) is -2.21. The van der Waals surface area contributed by atoms with Gasteiger partial charge in [-0.25, -0.2) is 9.13 Å². The van der Waals surface area contributed by atoms with Gasteiger partial charge >= 0.3 is 39.5 Å². The number of hydrogen-bond acceptors (Lipinski definition) is 15. The smallest absolute Gasteiger partial charge is 0.462 e. The van der Waals surface area contributed by atoms with E-state index in [2.05, 4.69) is 113 Å². The van der Waals surface area contributed by atoms with Gasteiger partial charge in [0.2, 0.25) is 0 Å². The normalized spacial score (nSPS) is 14.3. The zero-order chi connectivity index (χ0) is 73.2. The van der Waals surface area contributed by atoms with Crippen LogP contribution in [0.5, 0.6) is 0 Å². The van der Waals surface area contributed by atoms with Crippen molar-refractivity contribution < 1.29 is 80.2 Å². The number of aliphatic hydroxyl groups is 1. The van der Waals surface area contributed by atoms with Gasteiger partial charge in [0, 0.05) is 25.7 Å². The van der Waals surface area contributed by atoms with E-state index < -0.39 is 97.5 Å². The Morgan fingerprint density at radius 3 is 0.770 bits per heavy atom. The quantitative estimate of drug-likeness (QED) is 0.0169. The van der Waals surface area contributed by atoms with Crippen LogP contribution in [0.25, 0.3) is 0 Å². The van der Waals surface area contributed by atoms with E-state index in [4.69, 9.17) is 37.0 Å². The van der Waals surface area contributed by atoms with Crippen molar-refractivity contribution in [2.24, 2.45) is 0 Å². The number of esters is 4. The lowest BCUT2D eigenvalue weighted by Crippen LogP contribution is -2.30. The van der Waals surface area contributed by atoms with Crippen molar-refractivity contribution in [1.29, 1.82) is 0 Å². The van der Waals surface area contributed by atoms with E-state index in [9.17, 15) is 43.2 Å². The van der Waals surface area contributed by atoms with Crippen LogP contribution in [0, 0.1) is 0 Å². The summed E-state index contributed by atoms with van der Waals surface area (Å²) >= 11 is 0. The van der Waals surface area contributed by atoms with Crippen molar-refractivity contribution >= 4 is 39.5 Å². The van der Waals surface area contributed by atoms with E-state index in [-0.39, 0.29) is 25.7 Å². The maximum absolute atomic E-state index is 13.1. The lowest BCUT2D eigenvalue weighted by atomic mass is 10.1. The minimum atomic E-state index is -4.98. The predicted molar refractivity (Wildman–Crippen MR) is 409 cm³/mol. The largest absolute Gasteiger partial charge is 0.472 e. The van der Waals surface area contributed by atoms with Crippen LogP contribution >= 0.6 is 15.6 Å². The maximum Gasteiger partial charge on any atom is 0.472 e. The fraction of sp³-hybridized carbons (Fsp3) is 0.778. The molecule has 0 bridgehead atoms. The predicted octanol–water partition coefficient (Wildman–Crippen LogP) is 23.0. The van der Waals surface area contributed by atoms with Crippen LogP contribution in [0.3, 0.4) is 0 Å². The van der Waals surface area contributed by atoms with Gasteiger partial charge in [-0.05, 0) is 148 Å². The Morgan fingerprint density at radius 1 is 0.280 bits per heavy atom. The topological polar surface area (TPSA) is 237 Å². The lowest BCUT2D eigenvalue weighted by molar-refractivity contribution is -0.161. The molecule has 0 aromatic carbocycles. The summed E-state index contributed by atoms with van der Waals surface area (Å²) in [4.78, 5) is 73.0. The molecule has 0 saturated heterocycles. The van der Waals surface area contributed by atoms with E-state index in [0.717, 1.165) is 173 Å². The molecule has 0 amide bonds. The van der Waals surface area contributed by atoms with Gasteiger partial charge in [0.1, 0.15) is 19.3 Å². The van der Waals surface area contributed by atoms with E-state index in [1.807, 2.05) is 0 Å². The number of hydrogen-bond donors (Lipinski definition) is 3. The Labute approximate surface area is 608 Å². The number of carbonyl (C=O) groups is 4. The molecule has 19 heteroatoms. The highest BCUT2D eigenvalue weighted by molar-refractivity contribution is 7.47. The van der Waals surface area contributed by atoms with Crippen LogP contribution in [0.2, 0.25) is 0 Å². The number of allylic oxidation sites excluding steroid dienone is 14. The monoisotopic (exact) mass is 1450 g/mol. The number of ether oxygens (including phenoxy) is 4. The molecule has 0 aliphatic carbocycles. The molecule has 100 heavy (non-hydrogen) atoms. The average molecular weight is 1450 g/mol. The molecule has 0 saturated carbocycles. The SMILES string of the molecule is CCCCC/C=C\C/C=C\CCCCCCCC(=O)OC[C@H](COP(=O)(O)OC[C@H](O)COP(=O)(O)OC[C@@H](COC(=O)CCCCCCC/C=C\CCCCCCCC)OC(=O)CCCCCCC/C=C\C/C=C\CCCCC)OC(=O)CCCCCCC/C=C\C/C=C\CCCCC. The van der Waals surface area contributed by atoms with E-state index in [1.165, 1.54) is 96.3 Å². The lowest BCUT2D eigenvalue weighted by Gasteiger charge is -2.21. The molecule has 0 aliphatic heterocycles. The standard InChI is InChI=1S/C81H144O17P2/c1-5-9-13-17-21-25-29-33-37-41-45-49-53-57-61-65-78(83)91-71-76(97-80(85)67-63-59-55-51-47-43-39-35-31-27-23-19-15-11-7-3)73-95-99(87,88)93-69-75(82)70-94-100(89,90)96-74-77(98-81(86)68-64-60-56-52-48-44-40-36-32-28-24-20-16-12-8-4)72-92-79(84)66-62-58-54-50-46-42-38-34-30-26-22-18-14-10-6-2/h21,23-25,27-28,33-40,75-77,82H,5-20,22,26,29-32,41-74H2,1-4H3,(H,87,88)(H,89,90)/b25-21-,27-23-,28-24-,37-33-,38-34-,39-35-,40-36-/t75-,76+,77+/m0/s1. The average Bonchev–Trinajstić information content (AvgIpc) is 1.01. The van der Waals surface area contributed by atoms with Gasteiger partial charge in [0.15, 0.2) is 12.2 Å². The molecule has 0 aromatic rings. The fourth-order valence-corrected chi connectivity index (χ4v) is 12.2. The molecule has 0 rings (SSSR count). The summed E-state index contributed by atoms with van der Waals surface area (Å²) in [5, 5.41) is 10.6. The minimum Gasteiger partial charge on any atom is -0.462 e. The summed E-state index contributed by atoms with van der Waals surface area (Å²) in [6.07, 6.45) is 75.5. The van der Waals surface area contributed by atoms with Crippen molar-refractivity contribution in [2.45, 2.75) is 367 Å². The van der Waals surface area contributed by atoms with Gasteiger partial charge in [0.25, 0.3) is 0 Å². The first-order valence-corrected chi connectivity index (χ1v) is 42.8. The van der Waals surface area contributed by atoms with Crippen LogP contribution in [0.1, 0.15) is 349 Å². The van der Waals surface area contributed by atoms with Crippen LogP contribution < -0.4 is 0 Å². The molecule has 580 valence electrons. The highest BCUT2D eigenvalue weighted by Gasteiger charge is 2.30. The number of unbranched alkanes of at least 4 members (excludes halogenated alkanes) is 35. The van der Waals surface area contributed by atoms with Crippen LogP contribution in [-0.4, -0.2) is 96.7 Å². The highest BCUT2D eigenvalue weighted by atomic mass is 31.2. The van der Waals surface area contributed by atoms with Crippen LogP contribution in [0.4, 0.5) is 0 Å². The second kappa shape index (κ2) is 73.5. The number of carbonyl (C=O) groups excluding carboxylic acids is 4. The van der Waals surface area contributed by atoms with Gasteiger partial charge in [0.05, 0.1) is 26.4 Å². The number of rotatable bonds is 75. The molecule has 5 atom stereocenters. The fourth-order valence-electron chi connectivity index (χ4n) is 10.7. The molecular formula is C81H144O17P2. The molecular weight excluding hydrogens is 1310 g/mol. The Balaban J connectivity index is 5.38. The second-order valence-corrected chi connectivity index (χ2v) is 29.5. The Morgan fingerprint density at radius 2 is 0.490 bits per heavy atom. The van der Waals surface area contributed by atoms with Crippen molar-refractivity contribution in [3.63, 3.8) is 0 Å². The third kappa shape index (κ3) is 72.6. The van der Waals surface area contributed by atoms with Crippen molar-refractivity contribution in [3.05, 3.63) is 85.1 Å². The number of aliphatic hydroxyl groups excluding tert-OH is 1. The van der Waals surface area contributed by atoms with E-state index >= 15 is 0 Å². The third-order valence-corrected chi connectivity index (χ3v) is 18.7. The van der Waals surface area contributed by atoms with Crippen LogP contribution in [0.15, 0.2) is 85.1 Å². The Bertz CT molecular complexity index is 2230. The van der Waals surface area contributed by atoms with Gasteiger partial charge in [-0.3, -0.25) is 37.3 Å². The third-order valence-electron chi connectivity index (χ3n) is 16.8. The first kappa shape index (κ1) is 96.2. The van der Waals surface area contributed by atoms with Crippen LogP contribution in [-0.2, 0) is 65.4 Å². The molecule has 3 N–H and O–H groups in total. The molecule has 0 fully saturated rings. The summed E-state index contributed by atoms with van der Waals surface area (Å²) in [6.45, 7) is 4.78. The summed E-state index contributed by atoms with van der Waals surface area (Å²) < 4.78 is 68.6. The molecule has 0 aliphatic rings. The number of phosphoric ester groups is 2. The zero-order valence-electron chi connectivity index (χ0n) is 63.4. The second-order valence-electron chi connectivity index (χ2n) is 26.6. The van der Waals surface area contributed by atoms with Gasteiger partial charge in [-0.1, -0.05) is 260 Å². The zero-order valence-corrected chi connectivity index (χ0v) is 65.2. The van der Waals surface area contributed by atoms with E-state index in [0.29, 0.717) is 25.7 Å². The van der Waals surface area contributed by atoms with Crippen molar-refractivity contribution in [2.75, 3.05) is 39.6 Å². The van der Waals surface area contributed by atoms with Gasteiger partial charge in [-0.15, -0.1) is 0 Å². The number of phosphoric acid groups is 2. The molecule has 0 aromatic heterocycles. The molecule has 2 unspecified atom stereocenters. The summed E-state index contributed by atoms with van der Waals surface area (Å²) in [6, 6.07) is 0. The molecule has 0 heterocycles. The summed E-state index contributed by atoms with van der Waals surface area (Å²) in [5.41, 5.74) is 0.